The number of amides is 1. The number of carbonyl (C=O) groups is 1. The van der Waals surface area contributed by atoms with Crippen LogP contribution in [-0.4, -0.2) is 58.3 Å². The molecule has 0 spiro atoms. The van der Waals surface area contributed by atoms with Gasteiger partial charge in [-0.1, -0.05) is 0 Å². The van der Waals surface area contributed by atoms with Crippen LogP contribution in [0.5, 0.6) is 17.2 Å². The van der Waals surface area contributed by atoms with E-state index in [4.69, 9.17) is 14.2 Å². The summed E-state index contributed by atoms with van der Waals surface area (Å²) >= 11 is 0. The van der Waals surface area contributed by atoms with Crippen LogP contribution in [0.2, 0.25) is 0 Å². The van der Waals surface area contributed by atoms with Crippen molar-refractivity contribution in [2.45, 2.75) is 19.3 Å². The first kappa shape index (κ1) is 21.7. The summed E-state index contributed by atoms with van der Waals surface area (Å²) in [4.78, 5) is 16.9. The number of anilines is 1. The predicted molar refractivity (Wildman–Crippen MR) is 114 cm³/mol. The Balaban J connectivity index is 1.59. The van der Waals surface area contributed by atoms with Gasteiger partial charge in [0.15, 0.2) is 11.5 Å². The number of hydrogen-bond donors (Lipinski definition) is 0. The summed E-state index contributed by atoms with van der Waals surface area (Å²) in [6.45, 7) is 2.97. The van der Waals surface area contributed by atoms with Crippen LogP contribution in [0.3, 0.4) is 0 Å². The lowest BCUT2D eigenvalue weighted by atomic mass is 10.1. The smallest absolute Gasteiger partial charge is 0.222 e. The molecule has 6 nitrogen and oxygen atoms in total. The van der Waals surface area contributed by atoms with E-state index < -0.39 is 0 Å². The van der Waals surface area contributed by atoms with Crippen LogP contribution in [0.1, 0.15) is 18.4 Å². The van der Waals surface area contributed by atoms with E-state index in [0.717, 1.165) is 37.3 Å². The molecule has 0 saturated carbocycles. The topological polar surface area (TPSA) is 51.2 Å². The maximum Gasteiger partial charge on any atom is 0.222 e. The standard InChI is InChI=1S/C23H29FN2O4/c1-28-20-15-17(16-21(29-2)23(20)30-3)5-10-22(27)26-12-4-11-25(13-14-26)19-8-6-18(24)7-9-19/h6-9,15-16H,4-5,10-14H2,1-3H3. The highest BCUT2D eigenvalue weighted by Gasteiger charge is 2.20. The van der Waals surface area contributed by atoms with Crippen LogP contribution in [0.25, 0.3) is 0 Å². The third-order valence-corrected chi connectivity index (χ3v) is 5.39. The highest BCUT2D eigenvalue weighted by Crippen LogP contribution is 2.38. The minimum atomic E-state index is -0.239. The number of benzene rings is 2. The highest BCUT2D eigenvalue weighted by atomic mass is 19.1. The lowest BCUT2D eigenvalue weighted by Gasteiger charge is -2.24. The van der Waals surface area contributed by atoms with E-state index >= 15 is 0 Å². The quantitative estimate of drug-likeness (QED) is 0.691. The average molecular weight is 416 g/mol. The Kier molecular flexibility index (Phi) is 7.38. The molecular formula is C23H29FN2O4. The zero-order chi connectivity index (χ0) is 21.5. The van der Waals surface area contributed by atoms with Gasteiger partial charge in [0.2, 0.25) is 11.7 Å². The van der Waals surface area contributed by atoms with Gasteiger partial charge in [-0.25, -0.2) is 4.39 Å². The Hall–Kier alpha value is -2.96. The second kappa shape index (κ2) is 10.2. The maximum atomic E-state index is 13.2. The molecule has 1 aliphatic heterocycles. The lowest BCUT2D eigenvalue weighted by Crippen LogP contribution is -2.35. The normalized spacial score (nSPS) is 14.3. The molecule has 2 aromatic rings. The lowest BCUT2D eigenvalue weighted by molar-refractivity contribution is -0.130. The van der Waals surface area contributed by atoms with Crippen molar-refractivity contribution in [1.29, 1.82) is 0 Å². The summed E-state index contributed by atoms with van der Waals surface area (Å²) < 4.78 is 29.3. The van der Waals surface area contributed by atoms with E-state index in [2.05, 4.69) is 4.90 Å². The zero-order valence-electron chi connectivity index (χ0n) is 17.8. The fourth-order valence-corrected chi connectivity index (χ4v) is 3.77. The number of methoxy groups -OCH3 is 3. The Bertz CT molecular complexity index is 832. The summed E-state index contributed by atoms with van der Waals surface area (Å²) in [5, 5.41) is 0. The highest BCUT2D eigenvalue weighted by molar-refractivity contribution is 5.76. The van der Waals surface area contributed by atoms with Crippen LogP contribution in [0, 0.1) is 5.82 Å². The Morgan fingerprint density at radius 1 is 0.933 bits per heavy atom. The van der Waals surface area contributed by atoms with Gasteiger partial charge in [-0.3, -0.25) is 4.79 Å². The Labute approximate surface area is 177 Å². The van der Waals surface area contributed by atoms with Crippen LogP contribution < -0.4 is 19.1 Å². The van der Waals surface area contributed by atoms with Gasteiger partial charge >= 0.3 is 0 Å². The van der Waals surface area contributed by atoms with Crippen molar-refractivity contribution >= 4 is 11.6 Å². The predicted octanol–water partition coefficient (Wildman–Crippen LogP) is 3.52. The molecular weight excluding hydrogens is 387 g/mol. The van der Waals surface area contributed by atoms with Crippen molar-refractivity contribution in [3.05, 3.63) is 47.8 Å². The molecule has 0 unspecified atom stereocenters. The van der Waals surface area contributed by atoms with E-state index in [9.17, 15) is 9.18 Å². The van der Waals surface area contributed by atoms with Gasteiger partial charge in [0, 0.05) is 38.3 Å². The number of aryl methyl sites for hydroxylation is 1. The van der Waals surface area contributed by atoms with Gasteiger partial charge in [0.1, 0.15) is 5.82 Å². The summed E-state index contributed by atoms with van der Waals surface area (Å²) in [7, 11) is 4.73. The fraction of sp³-hybridized carbons (Fsp3) is 0.435. The minimum absolute atomic E-state index is 0.129. The second-order valence-corrected chi connectivity index (χ2v) is 7.23. The minimum Gasteiger partial charge on any atom is -0.493 e. The summed E-state index contributed by atoms with van der Waals surface area (Å²) in [5.74, 6) is 1.61. The van der Waals surface area contributed by atoms with Gasteiger partial charge in [0.25, 0.3) is 0 Å². The fourth-order valence-electron chi connectivity index (χ4n) is 3.77. The largest absolute Gasteiger partial charge is 0.493 e. The van der Waals surface area contributed by atoms with Gasteiger partial charge in [0.05, 0.1) is 21.3 Å². The zero-order valence-corrected chi connectivity index (χ0v) is 17.8. The molecule has 1 saturated heterocycles. The molecule has 7 heteroatoms. The summed E-state index contributed by atoms with van der Waals surface area (Å²) in [6, 6.07) is 10.3. The van der Waals surface area contributed by atoms with Crippen LogP contribution in [-0.2, 0) is 11.2 Å². The molecule has 1 amide bonds. The summed E-state index contributed by atoms with van der Waals surface area (Å²) in [5.41, 5.74) is 1.95. The molecule has 162 valence electrons. The van der Waals surface area contributed by atoms with E-state index in [1.165, 1.54) is 12.1 Å². The first-order chi connectivity index (χ1) is 14.5. The number of hydrogen-bond acceptors (Lipinski definition) is 5. The Morgan fingerprint density at radius 3 is 2.20 bits per heavy atom. The van der Waals surface area contributed by atoms with Gasteiger partial charge < -0.3 is 24.0 Å². The van der Waals surface area contributed by atoms with Gasteiger partial charge in [-0.15, -0.1) is 0 Å². The first-order valence-electron chi connectivity index (χ1n) is 10.1. The van der Waals surface area contributed by atoms with E-state index in [1.54, 1.807) is 33.5 Å². The van der Waals surface area contributed by atoms with E-state index in [-0.39, 0.29) is 11.7 Å². The van der Waals surface area contributed by atoms with Crippen LogP contribution in [0.15, 0.2) is 36.4 Å². The first-order valence-corrected chi connectivity index (χ1v) is 10.1. The molecule has 0 aromatic heterocycles. The van der Waals surface area contributed by atoms with E-state index in [0.29, 0.717) is 36.6 Å². The summed E-state index contributed by atoms with van der Waals surface area (Å²) in [6.07, 6.45) is 1.89. The molecule has 0 bridgehead atoms. The van der Waals surface area contributed by atoms with Crippen LogP contribution >= 0.6 is 0 Å². The number of ether oxygens (including phenoxy) is 3. The van der Waals surface area contributed by atoms with Crippen molar-refractivity contribution in [3.63, 3.8) is 0 Å². The van der Waals surface area contributed by atoms with Crippen molar-refractivity contribution in [3.8, 4) is 17.2 Å². The van der Waals surface area contributed by atoms with Crippen molar-refractivity contribution in [1.82, 2.24) is 4.90 Å². The molecule has 0 aliphatic carbocycles. The number of nitrogens with zero attached hydrogens (tertiary/aromatic N) is 2. The molecule has 0 atom stereocenters. The van der Waals surface area contributed by atoms with E-state index in [1.807, 2.05) is 17.0 Å². The SMILES string of the molecule is COc1cc(CCC(=O)N2CCCN(c3ccc(F)cc3)CC2)cc(OC)c1OC. The average Bonchev–Trinajstić information content (AvgIpc) is 3.03. The monoisotopic (exact) mass is 416 g/mol. The van der Waals surface area contributed by atoms with Crippen molar-refractivity contribution in [2.75, 3.05) is 52.4 Å². The molecule has 3 rings (SSSR count). The van der Waals surface area contributed by atoms with Crippen molar-refractivity contribution in [2.24, 2.45) is 0 Å². The molecule has 1 heterocycles. The molecule has 30 heavy (non-hydrogen) atoms. The third-order valence-electron chi connectivity index (χ3n) is 5.39. The van der Waals surface area contributed by atoms with Crippen molar-refractivity contribution < 1.29 is 23.4 Å². The number of halogens is 1. The molecule has 2 aromatic carbocycles. The maximum absolute atomic E-state index is 13.2. The molecule has 1 fully saturated rings. The van der Waals surface area contributed by atoms with Crippen LogP contribution in [0.4, 0.5) is 10.1 Å². The third kappa shape index (κ3) is 5.14. The second-order valence-electron chi connectivity index (χ2n) is 7.23. The molecule has 0 N–H and O–H groups in total. The van der Waals surface area contributed by atoms with Gasteiger partial charge in [-0.05, 0) is 54.8 Å². The Morgan fingerprint density at radius 2 is 1.60 bits per heavy atom. The molecule has 0 radical (unpaired) electrons. The molecule has 1 aliphatic rings. The number of carbonyl (C=O) groups excluding carboxylic acids is 1. The number of rotatable bonds is 7. The van der Waals surface area contributed by atoms with Gasteiger partial charge in [-0.2, -0.15) is 0 Å².